The largest absolute Gasteiger partial charge is 0.361 e. The van der Waals surface area contributed by atoms with Gasteiger partial charge < -0.3 is 14.7 Å². The van der Waals surface area contributed by atoms with Crippen LogP contribution < -0.4 is 5.32 Å². The van der Waals surface area contributed by atoms with Crippen molar-refractivity contribution in [1.29, 1.82) is 0 Å². The third-order valence-electron chi connectivity index (χ3n) is 3.49. The number of nitrogens with zero attached hydrogens (tertiary/aromatic N) is 2. The first-order chi connectivity index (χ1) is 10.5. The van der Waals surface area contributed by atoms with Gasteiger partial charge in [-0.25, -0.2) is 0 Å². The summed E-state index contributed by atoms with van der Waals surface area (Å²) >= 11 is 0. The molecule has 1 amide bonds. The van der Waals surface area contributed by atoms with Crippen LogP contribution in [0, 0.1) is 13.8 Å². The molecule has 1 N–H and O–H groups in total. The summed E-state index contributed by atoms with van der Waals surface area (Å²) in [5.74, 6) is 0.792. The summed E-state index contributed by atoms with van der Waals surface area (Å²) in [5.41, 5.74) is 3.89. The zero-order chi connectivity index (χ0) is 16.1. The number of anilines is 1. The molecular weight excluding hydrogens is 278 g/mol. The van der Waals surface area contributed by atoms with Crippen LogP contribution in [0.2, 0.25) is 0 Å². The lowest BCUT2D eigenvalue weighted by atomic mass is 10.1. The second kappa shape index (κ2) is 7.22. The fourth-order valence-electron chi connectivity index (χ4n) is 2.43. The highest BCUT2D eigenvalue weighted by Crippen LogP contribution is 2.16. The maximum absolute atomic E-state index is 12.1. The number of aryl methyl sites for hydroxylation is 2. The average Bonchev–Trinajstić information content (AvgIpc) is 2.75. The van der Waals surface area contributed by atoms with Crippen molar-refractivity contribution in [1.82, 2.24) is 10.1 Å². The van der Waals surface area contributed by atoms with Crippen LogP contribution in [0.3, 0.4) is 0 Å². The zero-order valence-electron chi connectivity index (χ0n) is 13.6. The van der Waals surface area contributed by atoms with E-state index in [1.54, 1.807) is 0 Å². The molecule has 0 fully saturated rings. The lowest BCUT2D eigenvalue weighted by Gasteiger charge is -2.11. The SMILES string of the molecule is Cc1noc(C)c1CCC(=O)Nc1cccc(CN(C)C)c1. The summed E-state index contributed by atoms with van der Waals surface area (Å²) in [6.07, 6.45) is 1.06. The summed E-state index contributed by atoms with van der Waals surface area (Å²) < 4.78 is 5.11. The molecule has 0 saturated carbocycles. The Kier molecular flexibility index (Phi) is 5.33. The van der Waals surface area contributed by atoms with Gasteiger partial charge >= 0.3 is 0 Å². The number of benzene rings is 1. The van der Waals surface area contributed by atoms with Gasteiger partial charge in [0.1, 0.15) is 5.76 Å². The van der Waals surface area contributed by atoms with Crippen molar-refractivity contribution in [2.75, 3.05) is 19.4 Å². The summed E-state index contributed by atoms with van der Waals surface area (Å²) in [6, 6.07) is 7.93. The van der Waals surface area contributed by atoms with Gasteiger partial charge in [-0.3, -0.25) is 4.79 Å². The van der Waals surface area contributed by atoms with Gasteiger partial charge in [0.2, 0.25) is 5.91 Å². The van der Waals surface area contributed by atoms with Crippen LogP contribution >= 0.6 is 0 Å². The third-order valence-corrected chi connectivity index (χ3v) is 3.49. The molecular formula is C17H23N3O2. The lowest BCUT2D eigenvalue weighted by Crippen LogP contribution is -2.14. The Morgan fingerprint density at radius 2 is 2.09 bits per heavy atom. The molecule has 0 saturated heterocycles. The van der Waals surface area contributed by atoms with E-state index < -0.39 is 0 Å². The molecule has 0 unspecified atom stereocenters. The molecule has 1 aromatic heterocycles. The van der Waals surface area contributed by atoms with Crippen molar-refractivity contribution in [3.63, 3.8) is 0 Å². The molecule has 1 aromatic carbocycles. The quantitative estimate of drug-likeness (QED) is 0.891. The Balaban J connectivity index is 1.92. The van der Waals surface area contributed by atoms with Gasteiger partial charge in [0, 0.05) is 24.2 Å². The molecule has 0 aliphatic rings. The first kappa shape index (κ1) is 16.2. The minimum atomic E-state index is 0.00185. The third kappa shape index (κ3) is 4.43. The topological polar surface area (TPSA) is 58.4 Å². The van der Waals surface area contributed by atoms with Crippen molar-refractivity contribution in [3.8, 4) is 0 Å². The fraction of sp³-hybridized carbons (Fsp3) is 0.412. The van der Waals surface area contributed by atoms with Crippen molar-refractivity contribution < 1.29 is 9.32 Å². The normalized spacial score (nSPS) is 11.0. The molecule has 1 heterocycles. The van der Waals surface area contributed by atoms with Gasteiger partial charge in [-0.15, -0.1) is 0 Å². The van der Waals surface area contributed by atoms with Gasteiger partial charge in [-0.05, 0) is 52.1 Å². The van der Waals surface area contributed by atoms with E-state index in [-0.39, 0.29) is 5.91 Å². The van der Waals surface area contributed by atoms with Crippen LogP contribution in [0.5, 0.6) is 0 Å². The zero-order valence-corrected chi connectivity index (χ0v) is 13.6. The smallest absolute Gasteiger partial charge is 0.224 e. The van der Waals surface area contributed by atoms with Crippen LogP contribution in [-0.2, 0) is 17.8 Å². The fourth-order valence-corrected chi connectivity index (χ4v) is 2.43. The van der Waals surface area contributed by atoms with Crippen LogP contribution in [0.15, 0.2) is 28.8 Å². The number of nitrogens with one attached hydrogen (secondary N) is 1. The van der Waals surface area contributed by atoms with Crippen LogP contribution in [0.25, 0.3) is 0 Å². The first-order valence-electron chi connectivity index (χ1n) is 7.41. The van der Waals surface area contributed by atoms with E-state index in [0.29, 0.717) is 12.8 Å². The number of carbonyl (C=O) groups is 1. The number of hydrogen-bond donors (Lipinski definition) is 1. The van der Waals surface area contributed by atoms with E-state index in [1.807, 2.05) is 46.1 Å². The van der Waals surface area contributed by atoms with E-state index in [2.05, 4.69) is 21.4 Å². The first-order valence-corrected chi connectivity index (χ1v) is 7.41. The average molecular weight is 301 g/mol. The molecule has 0 bridgehead atoms. The highest BCUT2D eigenvalue weighted by Gasteiger charge is 2.11. The Hall–Kier alpha value is -2.14. The Morgan fingerprint density at radius 3 is 2.73 bits per heavy atom. The Morgan fingerprint density at radius 1 is 1.32 bits per heavy atom. The van der Waals surface area contributed by atoms with Crippen molar-refractivity contribution in [3.05, 3.63) is 46.8 Å². The molecule has 118 valence electrons. The van der Waals surface area contributed by atoms with Gasteiger partial charge in [0.15, 0.2) is 0 Å². The van der Waals surface area contributed by atoms with E-state index in [9.17, 15) is 4.79 Å². The maximum Gasteiger partial charge on any atom is 0.224 e. The van der Waals surface area contributed by atoms with Crippen molar-refractivity contribution >= 4 is 11.6 Å². The molecule has 0 atom stereocenters. The molecule has 0 aliphatic heterocycles. The minimum absolute atomic E-state index is 0.00185. The second-order valence-electron chi connectivity index (χ2n) is 5.79. The van der Waals surface area contributed by atoms with E-state index in [1.165, 1.54) is 5.56 Å². The predicted molar refractivity (Wildman–Crippen MR) is 86.8 cm³/mol. The number of hydrogen-bond acceptors (Lipinski definition) is 4. The van der Waals surface area contributed by atoms with E-state index >= 15 is 0 Å². The number of carbonyl (C=O) groups excluding carboxylic acids is 1. The summed E-state index contributed by atoms with van der Waals surface area (Å²) in [4.78, 5) is 14.2. The Bertz CT molecular complexity index is 628. The van der Waals surface area contributed by atoms with Gasteiger partial charge in [-0.2, -0.15) is 0 Å². The summed E-state index contributed by atoms with van der Waals surface area (Å²) in [5, 5.41) is 6.85. The molecule has 5 heteroatoms. The van der Waals surface area contributed by atoms with Crippen LogP contribution in [0.1, 0.15) is 29.0 Å². The monoisotopic (exact) mass is 301 g/mol. The molecule has 22 heavy (non-hydrogen) atoms. The molecule has 5 nitrogen and oxygen atoms in total. The number of amides is 1. The Labute approximate surface area is 131 Å². The van der Waals surface area contributed by atoms with Crippen LogP contribution in [-0.4, -0.2) is 30.1 Å². The van der Waals surface area contributed by atoms with Crippen LogP contribution in [0.4, 0.5) is 5.69 Å². The molecule has 2 rings (SSSR count). The van der Waals surface area contributed by atoms with Gasteiger partial charge in [0.05, 0.1) is 5.69 Å². The standard InChI is InChI=1S/C17H23N3O2/c1-12-16(13(2)22-19-12)8-9-17(21)18-15-7-5-6-14(10-15)11-20(3)4/h5-7,10H,8-9,11H2,1-4H3,(H,18,21). The highest BCUT2D eigenvalue weighted by atomic mass is 16.5. The lowest BCUT2D eigenvalue weighted by molar-refractivity contribution is -0.116. The number of rotatable bonds is 6. The van der Waals surface area contributed by atoms with E-state index in [0.717, 1.165) is 29.2 Å². The molecule has 2 aromatic rings. The van der Waals surface area contributed by atoms with E-state index in [4.69, 9.17) is 4.52 Å². The van der Waals surface area contributed by atoms with Crippen molar-refractivity contribution in [2.24, 2.45) is 0 Å². The van der Waals surface area contributed by atoms with Crippen molar-refractivity contribution in [2.45, 2.75) is 33.2 Å². The highest BCUT2D eigenvalue weighted by molar-refractivity contribution is 5.90. The summed E-state index contributed by atoms with van der Waals surface area (Å²) in [6.45, 7) is 4.62. The molecule has 0 spiro atoms. The molecule has 0 radical (unpaired) electrons. The van der Waals surface area contributed by atoms with Gasteiger partial charge in [0.25, 0.3) is 0 Å². The minimum Gasteiger partial charge on any atom is -0.361 e. The predicted octanol–water partition coefficient (Wildman–Crippen LogP) is 2.92. The second-order valence-corrected chi connectivity index (χ2v) is 5.79. The maximum atomic E-state index is 12.1. The van der Waals surface area contributed by atoms with Gasteiger partial charge in [-0.1, -0.05) is 17.3 Å². The summed E-state index contributed by atoms with van der Waals surface area (Å²) in [7, 11) is 4.05. The molecule has 0 aliphatic carbocycles. The number of aromatic nitrogens is 1.